The molecule has 0 bridgehead atoms. The van der Waals surface area contributed by atoms with Gasteiger partial charge in [-0.1, -0.05) is 37.3 Å². The van der Waals surface area contributed by atoms with E-state index in [1.807, 2.05) is 6.08 Å². The van der Waals surface area contributed by atoms with Gasteiger partial charge in [-0.15, -0.1) is 0 Å². The summed E-state index contributed by atoms with van der Waals surface area (Å²) in [5.74, 6) is -0.503. The third-order valence-electron chi connectivity index (χ3n) is 4.41. The standard InChI is InChI=1S/C19H22F4/c1-2-3-4-5-6-14-7-9-15(10-8-14)16-11-12-17(18(20)13-16)19(21,22)23/h3-6,11-15H,2,7-10H2,1H3/b4-3+,6-5+. The van der Waals surface area contributed by atoms with E-state index in [1.165, 1.54) is 6.07 Å². The van der Waals surface area contributed by atoms with Gasteiger partial charge in [0.2, 0.25) is 0 Å². The molecule has 0 heterocycles. The molecule has 0 nitrogen and oxygen atoms in total. The highest BCUT2D eigenvalue weighted by molar-refractivity contribution is 5.29. The topological polar surface area (TPSA) is 0 Å². The number of rotatable bonds is 4. The van der Waals surface area contributed by atoms with Crippen molar-refractivity contribution in [1.29, 1.82) is 0 Å². The van der Waals surface area contributed by atoms with Crippen LogP contribution in [0.5, 0.6) is 0 Å². The maximum absolute atomic E-state index is 13.7. The van der Waals surface area contributed by atoms with Crippen molar-refractivity contribution >= 4 is 0 Å². The summed E-state index contributed by atoms with van der Waals surface area (Å²) < 4.78 is 51.5. The second kappa shape index (κ2) is 7.80. The third-order valence-corrected chi connectivity index (χ3v) is 4.41. The molecule has 2 rings (SSSR count). The Morgan fingerprint density at radius 3 is 2.35 bits per heavy atom. The Morgan fingerprint density at radius 1 is 1.09 bits per heavy atom. The van der Waals surface area contributed by atoms with Crippen LogP contribution in [0, 0.1) is 11.7 Å². The lowest BCUT2D eigenvalue weighted by Crippen LogP contribution is -2.13. The van der Waals surface area contributed by atoms with Crippen LogP contribution in [0.25, 0.3) is 0 Å². The van der Waals surface area contributed by atoms with Gasteiger partial charge in [0.15, 0.2) is 0 Å². The quantitative estimate of drug-likeness (QED) is 0.430. The first-order chi connectivity index (χ1) is 10.9. The Bertz CT molecular complexity index is 561. The second-order valence-electron chi connectivity index (χ2n) is 6.07. The number of benzene rings is 1. The second-order valence-corrected chi connectivity index (χ2v) is 6.07. The molecule has 126 valence electrons. The van der Waals surface area contributed by atoms with Crippen LogP contribution in [0.3, 0.4) is 0 Å². The molecule has 0 atom stereocenters. The summed E-state index contributed by atoms with van der Waals surface area (Å²) in [5.41, 5.74) is -0.496. The van der Waals surface area contributed by atoms with Gasteiger partial charge in [0.05, 0.1) is 5.56 Å². The molecule has 0 aliphatic heterocycles. The smallest absolute Gasteiger partial charge is 0.206 e. The van der Waals surface area contributed by atoms with E-state index < -0.39 is 17.6 Å². The van der Waals surface area contributed by atoms with Crippen molar-refractivity contribution in [3.8, 4) is 0 Å². The summed E-state index contributed by atoms with van der Waals surface area (Å²) in [7, 11) is 0. The zero-order valence-electron chi connectivity index (χ0n) is 13.2. The molecule has 0 N–H and O–H groups in total. The zero-order chi connectivity index (χ0) is 16.9. The van der Waals surface area contributed by atoms with Gasteiger partial charge in [0.25, 0.3) is 0 Å². The number of allylic oxidation sites excluding steroid dienone is 4. The highest BCUT2D eigenvalue weighted by Crippen LogP contribution is 2.38. The molecule has 0 saturated heterocycles. The molecule has 1 aromatic rings. The van der Waals surface area contributed by atoms with Crippen LogP contribution in [-0.2, 0) is 6.18 Å². The van der Waals surface area contributed by atoms with E-state index >= 15 is 0 Å². The summed E-state index contributed by atoms with van der Waals surface area (Å²) >= 11 is 0. The van der Waals surface area contributed by atoms with Crippen molar-refractivity contribution in [1.82, 2.24) is 0 Å². The monoisotopic (exact) mass is 326 g/mol. The minimum Gasteiger partial charge on any atom is -0.206 e. The van der Waals surface area contributed by atoms with Crippen LogP contribution in [0.15, 0.2) is 42.5 Å². The summed E-state index contributed by atoms with van der Waals surface area (Å²) in [6, 6.07) is 3.36. The summed E-state index contributed by atoms with van der Waals surface area (Å²) in [5, 5.41) is 0. The fraction of sp³-hybridized carbons (Fsp3) is 0.474. The van der Waals surface area contributed by atoms with Gasteiger partial charge >= 0.3 is 6.18 Å². The molecule has 1 aromatic carbocycles. The van der Waals surface area contributed by atoms with Crippen LogP contribution in [-0.4, -0.2) is 0 Å². The molecule has 0 amide bonds. The van der Waals surface area contributed by atoms with Gasteiger partial charge in [-0.25, -0.2) is 4.39 Å². The SMILES string of the molecule is CC/C=C/C=C/C1CCC(c2ccc(C(F)(F)F)c(F)c2)CC1. The van der Waals surface area contributed by atoms with Crippen molar-refractivity contribution in [2.75, 3.05) is 0 Å². The Morgan fingerprint density at radius 2 is 1.78 bits per heavy atom. The molecule has 0 aromatic heterocycles. The number of hydrogen-bond donors (Lipinski definition) is 0. The molecule has 1 aliphatic rings. The van der Waals surface area contributed by atoms with E-state index in [4.69, 9.17) is 0 Å². The van der Waals surface area contributed by atoms with Crippen LogP contribution in [0.1, 0.15) is 56.1 Å². The first-order valence-corrected chi connectivity index (χ1v) is 8.11. The first-order valence-electron chi connectivity index (χ1n) is 8.11. The van der Waals surface area contributed by atoms with E-state index in [1.54, 1.807) is 0 Å². The fourth-order valence-corrected chi connectivity index (χ4v) is 3.10. The number of hydrogen-bond acceptors (Lipinski definition) is 0. The Labute approximate surface area is 134 Å². The molecular weight excluding hydrogens is 304 g/mol. The maximum atomic E-state index is 13.7. The van der Waals surface area contributed by atoms with Gasteiger partial charge in [-0.3, -0.25) is 0 Å². The normalized spacial score (nSPS) is 23.0. The average Bonchev–Trinajstić information content (AvgIpc) is 2.51. The van der Waals surface area contributed by atoms with E-state index in [-0.39, 0.29) is 5.92 Å². The first kappa shape index (κ1) is 17.8. The summed E-state index contributed by atoms with van der Waals surface area (Å²) in [6.45, 7) is 2.08. The van der Waals surface area contributed by atoms with Crippen LogP contribution >= 0.6 is 0 Å². The molecule has 4 heteroatoms. The van der Waals surface area contributed by atoms with Gasteiger partial charge < -0.3 is 0 Å². The molecule has 1 fully saturated rings. The molecule has 1 saturated carbocycles. The fourth-order valence-electron chi connectivity index (χ4n) is 3.10. The van der Waals surface area contributed by atoms with Crippen molar-refractivity contribution < 1.29 is 17.6 Å². The molecule has 1 aliphatic carbocycles. The summed E-state index contributed by atoms with van der Waals surface area (Å²) in [6.07, 6.45) is 8.52. The highest BCUT2D eigenvalue weighted by Gasteiger charge is 2.34. The predicted molar refractivity (Wildman–Crippen MR) is 84.7 cm³/mol. The van der Waals surface area contributed by atoms with Gasteiger partial charge in [-0.2, -0.15) is 13.2 Å². The van der Waals surface area contributed by atoms with Crippen LogP contribution in [0.4, 0.5) is 17.6 Å². The van der Waals surface area contributed by atoms with E-state index in [0.29, 0.717) is 11.5 Å². The lowest BCUT2D eigenvalue weighted by Gasteiger charge is -2.27. The van der Waals surface area contributed by atoms with E-state index in [9.17, 15) is 17.6 Å². The Balaban J connectivity index is 1.96. The molecule has 0 unspecified atom stereocenters. The zero-order valence-corrected chi connectivity index (χ0v) is 13.2. The average molecular weight is 326 g/mol. The number of alkyl halides is 3. The Hall–Kier alpha value is -1.58. The van der Waals surface area contributed by atoms with Crippen molar-refractivity contribution in [3.63, 3.8) is 0 Å². The van der Waals surface area contributed by atoms with Crippen molar-refractivity contribution in [3.05, 3.63) is 59.4 Å². The third kappa shape index (κ3) is 4.95. The molecule has 0 radical (unpaired) electrons. The van der Waals surface area contributed by atoms with E-state index in [0.717, 1.165) is 44.2 Å². The minimum absolute atomic E-state index is 0.155. The van der Waals surface area contributed by atoms with Crippen molar-refractivity contribution in [2.45, 2.75) is 51.1 Å². The molecule has 0 spiro atoms. The lowest BCUT2D eigenvalue weighted by atomic mass is 9.78. The van der Waals surface area contributed by atoms with Gasteiger partial charge in [0, 0.05) is 0 Å². The van der Waals surface area contributed by atoms with E-state index in [2.05, 4.69) is 25.2 Å². The molecule has 23 heavy (non-hydrogen) atoms. The highest BCUT2D eigenvalue weighted by atomic mass is 19.4. The summed E-state index contributed by atoms with van der Waals surface area (Å²) in [4.78, 5) is 0. The van der Waals surface area contributed by atoms with Gasteiger partial charge in [0.1, 0.15) is 5.82 Å². The van der Waals surface area contributed by atoms with Crippen LogP contribution in [0.2, 0.25) is 0 Å². The minimum atomic E-state index is -4.63. The maximum Gasteiger partial charge on any atom is 0.419 e. The van der Waals surface area contributed by atoms with Crippen LogP contribution < -0.4 is 0 Å². The van der Waals surface area contributed by atoms with Crippen molar-refractivity contribution in [2.24, 2.45) is 5.92 Å². The Kier molecular flexibility index (Phi) is 6.03. The van der Waals surface area contributed by atoms with Gasteiger partial charge in [-0.05, 0) is 61.6 Å². The predicted octanol–water partition coefficient (Wildman–Crippen LogP) is 6.64. The lowest BCUT2D eigenvalue weighted by molar-refractivity contribution is -0.140. The largest absolute Gasteiger partial charge is 0.419 e. The molecular formula is C19H22F4. The number of halogens is 4.